The number of carbonyl (C=O) groups excluding carboxylic acids is 1. The Bertz CT molecular complexity index is 1000. The molecule has 2 heterocycles. The normalized spacial score (nSPS) is 21.9. The number of ether oxygens (including phenoxy) is 1. The maximum atomic E-state index is 13.4. The molecule has 1 N–H and O–H groups in total. The first-order chi connectivity index (χ1) is 14.4. The Balaban J connectivity index is 1.58. The second-order valence-electron chi connectivity index (χ2n) is 7.68. The lowest BCUT2D eigenvalue weighted by Gasteiger charge is -2.36. The first-order valence-electron chi connectivity index (χ1n) is 10.2. The monoisotopic (exact) mass is 492 g/mol. The van der Waals surface area contributed by atoms with Crippen molar-refractivity contribution in [2.75, 3.05) is 19.7 Å². The Morgan fingerprint density at radius 2 is 1.93 bits per heavy atom. The molecule has 0 bridgehead atoms. The molecule has 2 aliphatic rings. The van der Waals surface area contributed by atoms with Gasteiger partial charge in [0.2, 0.25) is 15.9 Å². The van der Waals surface area contributed by atoms with Crippen molar-refractivity contribution in [3.63, 3.8) is 0 Å². The number of carbonyl (C=O) groups is 1. The van der Waals surface area contributed by atoms with Crippen LogP contribution in [0.5, 0.6) is 0 Å². The molecular formula is C22H25BrN2O4S. The van der Waals surface area contributed by atoms with E-state index in [1.54, 1.807) is 24.3 Å². The summed E-state index contributed by atoms with van der Waals surface area (Å²) in [5.41, 5.74) is 1.99. The Morgan fingerprint density at radius 1 is 1.17 bits per heavy atom. The standard InChI is InChI=1S/C22H25BrN2O4S/c23-17-7-9-19(10-8-17)30(27,28)25-12-11-16-4-1-2-6-20(16)21(25)14-22(26)24-15-18-5-3-13-29-18/h1-2,4,6-10,18,21H,3,5,11-15H2,(H,24,26)/t18-,21+/m0/s1. The third-order valence-electron chi connectivity index (χ3n) is 5.71. The average molecular weight is 493 g/mol. The molecule has 0 spiro atoms. The number of hydrogen-bond acceptors (Lipinski definition) is 4. The van der Waals surface area contributed by atoms with Crippen LogP contribution in [-0.4, -0.2) is 44.4 Å². The van der Waals surface area contributed by atoms with Gasteiger partial charge in [0, 0.05) is 30.6 Å². The van der Waals surface area contributed by atoms with Crippen LogP contribution in [-0.2, 0) is 26.0 Å². The minimum absolute atomic E-state index is 0.0511. The summed E-state index contributed by atoms with van der Waals surface area (Å²) in [5.74, 6) is -0.164. The van der Waals surface area contributed by atoms with E-state index in [1.807, 2.05) is 24.3 Å². The molecule has 0 saturated carbocycles. The fraction of sp³-hybridized carbons (Fsp3) is 0.409. The van der Waals surface area contributed by atoms with Crippen molar-refractivity contribution in [3.8, 4) is 0 Å². The highest BCUT2D eigenvalue weighted by atomic mass is 79.9. The largest absolute Gasteiger partial charge is 0.376 e. The van der Waals surface area contributed by atoms with Gasteiger partial charge in [0.05, 0.1) is 17.0 Å². The van der Waals surface area contributed by atoms with Crippen molar-refractivity contribution < 1.29 is 17.9 Å². The zero-order valence-electron chi connectivity index (χ0n) is 16.6. The van der Waals surface area contributed by atoms with Crippen molar-refractivity contribution in [2.45, 2.75) is 42.7 Å². The molecule has 0 aromatic heterocycles. The molecule has 4 rings (SSSR count). The molecule has 1 fully saturated rings. The Hall–Kier alpha value is -1.74. The topological polar surface area (TPSA) is 75.7 Å². The molecule has 1 amide bonds. The molecule has 1 saturated heterocycles. The number of hydrogen-bond donors (Lipinski definition) is 1. The summed E-state index contributed by atoms with van der Waals surface area (Å²) in [6.07, 6.45) is 2.71. The molecule has 0 unspecified atom stereocenters. The van der Waals surface area contributed by atoms with Gasteiger partial charge in [-0.15, -0.1) is 0 Å². The van der Waals surface area contributed by atoms with Crippen LogP contribution >= 0.6 is 15.9 Å². The van der Waals surface area contributed by atoms with Crippen LogP contribution in [0.15, 0.2) is 57.9 Å². The number of benzene rings is 2. The molecule has 30 heavy (non-hydrogen) atoms. The predicted molar refractivity (Wildman–Crippen MR) is 118 cm³/mol. The van der Waals surface area contributed by atoms with E-state index in [0.29, 0.717) is 19.5 Å². The second-order valence-corrected chi connectivity index (χ2v) is 10.5. The minimum atomic E-state index is -3.74. The number of nitrogens with zero attached hydrogens (tertiary/aromatic N) is 1. The zero-order valence-corrected chi connectivity index (χ0v) is 19.0. The number of nitrogens with one attached hydrogen (secondary N) is 1. The predicted octanol–water partition coefficient (Wildman–Crippen LogP) is 3.42. The van der Waals surface area contributed by atoms with E-state index in [1.165, 1.54) is 4.31 Å². The van der Waals surface area contributed by atoms with Crippen molar-refractivity contribution in [2.24, 2.45) is 0 Å². The van der Waals surface area contributed by atoms with Gasteiger partial charge in [-0.05, 0) is 54.7 Å². The smallest absolute Gasteiger partial charge is 0.243 e. The summed E-state index contributed by atoms with van der Waals surface area (Å²) in [5, 5.41) is 2.93. The fourth-order valence-corrected chi connectivity index (χ4v) is 6.02. The second kappa shape index (κ2) is 9.18. The van der Waals surface area contributed by atoms with E-state index in [9.17, 15) is 13.2 Å². The van der Waals surface area contributed by atoms with E-state index >= 15 is 0 Å². The van der Waals surface area contributed by atoms with Crippen molar-refractivity contribution in [1.82, 2.24) is 9.62 Å². The van der Waals surface area contributed by atoms with Gasteiger partial charge in [-0.3, -0.25) is 4.79 Å². The van der Waals surface area contributed by atoms with Crippen LogP contribution in [0.1, 0.15) is 36.4 Å². The third kappa shape index (κ3) is 4.61. The molecule has 2 aromatic carbocycles. The van der Waals surface area contributed by atoms with Gasteiger partial charge in [-0.2, -0.15) is 4.31 Å². The minimum Gasteiger partial charge on any atom is -0.376 e. The maximum absolute atomic E-state index is 13.4. The summed E-state index contributed by atoms with van der Waals surface area (Å²) in [7, 11) is -3.74. The van der Waals surface area contributed by atoms with Gasteiger partial charge in [0.15, 0.2) is 0 Å². The summed E-state index contributed by atoms with van der Waals surface area (Å²) < 4.78 is 34.7. The van der Waals surface area contributed by atoms with Gasteiger partial charge < -0.3 is 10.1 Å². The quantitative estimate of drug-likeness (QED) is 0.670. The van der Waals surface area contributed by atoms with Crippen LogP contribution in [0.25, 0.3) is 0 Å². The van der Waals surface area contributed by atoms with E-state index in [0.717, 1.165) is 35.0 Å². The van der Waals surface area contributed by atoms with Crippen molar-refractivity contribution >= 4 is 31.9 Å². The van der Waals surface area contributed by atoms with Crippen LogP contribution in [0.2, 0.25) is 0 Å². The van der Waals surface area contributed by atoms with E-state index in [-0.39, 0.29) is 23.3 Å². The molecular weight excluding hydrogens is 468 g/mol. The van der Waals surface area contributed by atoms with E-state index in [4.69, 9.17) is 4.74 Å². The Kier molecular flexibility index (Phi) is 6.57. The summed E-state index contributed by atoms with van der Waals surface area (Å²) in [6.45, 7) is 1.54. The van der Waals surface area contributed by atoms with Gasteiger partial charge >= 0.3 is 0 Å². The number of rotatable bonds is 6. The Labute approximate surface area is 185 Å². The average Bonchev–Trinajstić information content (AvgIpc) is 3.26. The first-order valence-corrected chi connectivity index (χ1v) is 12.4. The molecule has 2 aliphatic heterocycles. The van der Waals surface area contributed by atoms with Crippen LogP contribution in [0.4, 0.5) is 0 Å². The molecule has 2 atom stereocenters. The molecule has 2 aromatic rings. The molecule has 6 nitrogen and oxygen atoms in total. The zero-order chi connectivity index (χ0) is 21.1. The third-order valence-corrected chi connectivity index (χ3v) is 8.16. The van der Waals surface area contributed by atoms with Crippen LogP contribution in [0, 0.1) is 0 Å². The van der Waals surface area contributed by atoms with Crippen molar-refractivity contribution in [1.29, 1.82) is 0 Å². The molecule has 0 radical (unpaired) electrons. The van der Waals surface area contributed by atoms with E-state index < -0.39 is 16.1 Å². The SMILES string of the molecule is O=C(C[C@@H]1c2ccccc2CCN1S(=O)(=O)c1ccc(Br)cc1)NC[C@@H]1CCCO1. The Morgan fingerprint density at radius 3 is 2.67 bits per heavy atom. The molecule has 160 valence electrons. The lowest BCUT2D eigenvalue weighted by molar-refractivity contribution is -0.122. The summed E-state index contributed by atoms with van der Waals surface area (Å²) in [4.78, 5) is 13.0. The maximum Gasteiger partial charge on any atom is 0.243 e. The number of amides is 1. The fourth-order valence-electron chi connectivity index (χ4n) is 4.15. The van der Waals surface area contributed by atoms with Gasteiger partial charge in [0.25, 0.3) is 0 Å². The number of sulfonamides is 1. The van der Waals surface area contributed by atoms with Crippen LogP contribution in [0.3, 0.4) is 0 Å². The van der Waals surface area contributed by atoms with Gasteiger partial charge in [-0.1, -0.05) is 40.2 Å². The first kappa shape index (κ1) is 21.5. The van der Waals surface area contributed by atoms with Gasteiger partial charge in [-0.25, -0.2) is 8.42 Å². The van der Waals surface area contributed by atoms with Crippen molar-refractivity contribution in [3.05, 3.63) is 64.1 Å². The van der Waals surface area contributed by atoms with Gasteiger partial charge in [0.1, 0.15) is 0 Å². The highest BCUT2D eigenvalue weighted by molar-refractivity contribution is 9.10. The number of halogens is 1. The molecule has 8 heteroatoms. The summed E-state index contributed by atoms with van der Waals surface area (Å²) >= 11 is 3.35. The lowest BCUT2D eigenvalue weighted by atomic mass is 9.92. The van der Waals surface area contributed by atoms with E-state index in [2.05, 4.69) is 21.2 Å². The highest BCUT2D eigenvalue weighted by Crippen LogP contribution is 2.36. The highest BCUT2D eigenvalue weighted by Gasteiger charge is 2.37. The molecule has 0 aliphatic carbocycles. The van der Waals surface area contributed by atoms with Crippen LogP contribution < -0.4 is 5.32 Å². The summed E-state index contributed by atoms with van der Waals surface area (Å²) in [6, 6.07) is 13.9. The lowest BCUT2D eigenvalue weighted by Crippen LogP contribution is -2.42. The number of fused-ring (bicyclic) bond motifs is 1.